The Hall–Kier alpha value is -3.36. The van der Waals surface area contributed by atoms with E-state index in [-0.39, 0.29) is 18.1 Å². The molecule has 1 saturated heterocycles. The van der Waals surface area contributed by atoms with Gasteiger partial charge in [-0.3, -0.25) is 14.9 Å². The molecule has 0 aliphatic carbocycles. The van der Waals surface area contributed by atoms with Gasteiger partial charge in [0.15, 0.2) is 0 Å². The number of aromatic nitrogens is 2. The largest absolute Gasteiger partial charge is 0.450 e. The van der Waals surface area contributed by atoms with Gasteiger partial charge in [-0.2, -0.15) is 0 Å². The maximum atomic E-state index is 12.0. The van der Waals surface area contributed by atoms with Crippen LogP contribution in [-0.4, -0.2) is 48.7 Å². The van der Waals surface area contributed by atoms with Crippen LogP contribution in [0.5, 0.6) is 0 Å². The number of amides is 2. The zero-order chi connectivity index (χ0) is 22.4. The molecule has 3 N–H and O–H groups in total. The summed E-state index contributed by atoms with van der Waals surface area (Å²) >= 11 is 0. The normalized spacial score (nSPS) is 14.2. The molecule has 0 saturated carbocycles. The Labute approximate surface area is 181 Å². The molecule has 1 aliphatic rings. The molecule has 9 nitrogen and oxygen atoms in total. The van der Waals surface area contributed by atoms with Gasteiger partial charge in [-0.05, 0) is 62.8 Å². The van der Waals surface area contributed by atoms with E-state index in [1.54, 1.807) is 32.2 Å². The lowest BCUT2D eigenvalue weighted by molar-refractivity contribution is 0.0958. The SMILES string of the molecule is CCOC(=O)Nc1cc(CC2CCN(c3ccc(C(=O)NC)nc3C)CC2)cc(=O)[nH]1. The van der Waals surface area contributed by atoms with E-state index in [1.807, 2.05) is 13.0 Å². The van der Waals surface area contributed by atoms with Gasteiger partial charge in [0.05, 0.1) is 18.0 Å². The van der Waals surface area contributed by atoms with Crippen molar-refractivity contribution >= 4 is 23.5 Å². The molecule has 2 aromatic rings. The number of pyridine rings is 2. The average Bonchev–Trinajstić information content (AvgIpc) is 2.73. The lowest BCUT2D eigenvalue weighted by Crippen LogP contribution is -2.35. The van der Waals surface area contributed by atoms with E-state index in [9.17, 15) is 14.4 Å². The Morgan fingerprint density at radius 1 is 1.26 bits per heavy atom. The highest BCUT2D eigenvalue weighted by Crippen LogP contribution is 2.27. The fourth-order valence-electron chi connectivity index (χ4n) is 3.92. The summed E-state index contributed by atoms with van der Waals surface area (Å²) in [5.41, 5.74) is 2.94. The predicted molar refractivity (Wildman–Crippen MR) is 119 cm³/mol. The Morgan fingerprint density at radius 3 is 2.65 bits per heavy atom. The first-order chi connectivity index (χ1) is 14.9. The molecule has 0 aromatic carbocycles. The number of hydrogen-bond donors (Lipinski definition) is 3. The van der Waals surface area contributed by atoms with Crippen molar-refractivity contribution < 1.29 is 14.3 Å². The highest BCUT2D eigenvalue weighted by atomic mass is 16.5. The van der Waals surface area contributed by atoms with Crippen molar-refractivity contribution in [1.29, 1.82) is 0 Å². The predicted octanol–water partition coefficient (Wildman–Crippen LogP) is 2.47. The second kappa shape index (κ2) is 10.1. The van der Waals surface area contributed by atoms with Crippen molar-refractivity contribution in [3.05, 3.63) is 51.6 Å². The van der Waals surface area contributed by atoms with Crippen LogP contribution in [0.25, 0.3) is 0 Å². The van der Waals surface area contributed by atoms with Crippen LogP contribution in [0.2, 0.25) is 0 Å². The minimum Gasteiger partial charge on any atom is -0.450 e. The zero-order valence-electron chi connectivity index (χ0n) is 18.2. The monoisotopic (exact) mass is 427 g/mol. The summed E-state index contributed by atoms with van der Waals surface area (Å²) in [4.78, 5) is 44.7. The van der Waals surface area contributed by atoms with Crippen molar-refractivity contribution in [1.82, 2.24) is 15.3 Å². The van der Waals surface area contributed by atoms with Crippen molar-refractivity contribution in [3.63, 3.8) is 0 Å². The molecule has 0 unspecified atom stereocenters. The summed E-state index contributed by atoms with van der Waals surface area (Å²) in [6.45, 7) is 5.66. The second-order valence-electron chi connectivity index (χ2n) is 7.63. The first-order valence-corrected chi connectivity index (χ1v) is 10.5. The van der Waals surface area contributed by atoms with Crippen molar-refractivity contribution in [2.75, 3.05) is 37.0 Å². The van der Waals surface area contributed by atoms with E-state index in [0.717, 1.165) is 49.3 Å². The van der Waals surface area contributed by atoms with Gasteiger partial charge in [0.2, 0.25) is 5.56 Å². The fourth-order valence-corrected chi connectivity index (χ4v) is 3.92. The van der Waals surface area contributed by atoms with Gasteiger partial charge in [-0.25, -0.2) is 9.78 Å². The molecule has 2 amide bonds. The third-order valence-corrected chi connectivity index (χ3v) is 5.41. The number of H-pyrrole nitrogens is 1. The number of hydrogen-bond acceptors (Lipinski definition) is 6. The van der Waals surface area contributed by atoms with E-state index >= 15 is 0 Å². The van der Waals surface area contributed by atoms with Gasteiger partial charge in [0.1, 0.15) is 11.5 Å². The van der Waals surface area contributed by atoms with E-state index < -0.39 is 6.09 Å². The molecule has 1 aliphatic heterocycles. The van der Waals surface area contributed by atoms with Crippen LogP contribution in [0.3, 0.4) is 0 Å². The molecule has 0 radical (unpaired) electrons. The number of aromatic amines is 1. The third-order valence-electron chi connectivity index (χ3n) is 5.41. The van der Waals surface area contributed by atoms with E-state index in [2.05, 4.69) is 25.5 Å². The molecule has 166 valence electrons. The van der Waals surface area contributed by atoms with Crippen LogP contribution in [0.15, 0.2) is 29.1 Å². The molecule has 9 heteroatoms. The Morgan fingerprint density at radius 2 is 2.00 bits per heavy atom. The topological polar surface area (TPSA) is 116 Å². The summed E-state index contributed by atoms with van der Waals surface area (Å²) in [5, 5.41) is 5.14. The molecule has 0 bridgehead atoms. The highest BCUT2D eigenvalue weighted by molar-refractivity contribution is 5.92. The van der Waals surface area contributed by atoms with Gasteiger partial charge in [-0.15, -0.1) is 0 Å². The Bertz CT molecular complexity index is 996. The molecule has 0 spiro atoms. The van der Waals surface area contributed by atoms with Gasteiger partial charge in [-0.1, -0.05) is 0 Å². The van der Waals surface area contributed by atoms with Crippen LogP contribution < -0.4 is 21.1 Å². The second-order valence-corrected chi connectivity index (χ2v) is 7.63. The number of carbonyl (C=O) groups excluding carboxylic acids is 2. The minimum absolute atomic E-state index is 0.192. The minimum atomic E-state index is -0.588. The molecule has 31 heavy (non-hydrogen) atoms. The summed E-state index contributed by atoms with van der Waals surface area (Å²) < 4.78 is 4.86. The first kappa shape index (κ1) is 22.3. The lowest BCUT2D eigenvalue weighted by Gasteiger charge is -2.34. The van der Waals surface area contributed by atoms with Crippen LogP contribution in [-0.2, 0) is 11.2 Å². The standard InChI is InChI=1S/C22H29N5O4/c1-4-31-22(30)26-19-12-16(13-20(28)25-19)11-15-7-9-27(10-8-15)18-6-5-17(21(29)23-3)24-14(18)2/h5-6,12-13,15H,4,7-11H2,1-3H3,(H,23,29)(H2,25,26,28,30). The number of carbonyl (C=O) groups is 2. The number of aryl methyl sites for hydroxylation is 1. The smallest absolute Gasteiger partial charge is 0.412 e. The van der Waals surface area contributed by atoms with Crippen LogP contribution in [0.1, 0.15) is 41.5 Å². The van der Waals surface area contributed by atoms with E-state index in [0.29, 0.717) is 17.4 Å². The van der Waals surface area contributed by atoms with Crippen molar-refractivity contribution in [3.8, 4) is 0 Å². The van der Waals surface area contributed by atoms with E-state index in [4.69, 9.17) is 4.74 Å². The summed E-state index contributed by atoms with van der Waals surface area (Å²) in [7, 11) is 1.59. The number of rotatable bonds is 6. The summed E-state index contributed by atoms with van der Waals surface area (Å²) in [6, 6.07) is 7.07. The van der Waals surface area contributed by atoms with E-state index in [1.165, 1.54) is 0 Å². The molecule has 3 rings (SSSR count). The third kappa shape index (κ3) is 5.84. The van der Waals surface area contributed by atoms with Crippen molar-refractivity contribution in [2.45, 2.75) is 33.1 Å². The summed E-state index contributed by atoms with van der Waals surface area (Å²) in [6.07, 6.45) is 2.13. The number of nitrogens with one attached hydrogen (secondary N) is 3. The van der Waals surface area contributed by atoms with Crippen LogP contribution in [0.4, 0.5) is 16.3 Å². The molecule has 0 atom stereocenters. The number of piperidine rings is 1. The lowest BCUT2D eigenvalue weighted by atomic mass is 9.90. The van der Waals surface area contributed by atoms with Crippen molar-refractivity contribution in [2.24, 2.45) is 5.92 Å². The van der Waals surface area contributed by atoms with Gasteiger partial charge < -0.3 is 19.9 Å². The van der Waals surface area contributed by atoms with Gasteiger partial charge in [0.25, 0.3) is 5.91 Å². The molecule has 2 aromatic heterocycles. The zero-order valence-corrected chi connectivity index (χ0v) is 18.2. The van der Waals surface area contributed by atoms with Gasteiger partial charge in [0, 0.05) is 26.2 Å². The van der Waals surface area contributed by atoms with Crippen LogP contribution in [0, 0.1) is 12.8 Å². The first-order valence-electron chi connectivity index (χ1n) is 10.5. The molecule has 1 fully saturated rings. The number of ether oxygens (including phenoxy) is 1. The number of anilines is 2. The molecule has 3 heterocycles. The average molecular weight is 428 g/mol. The number of nitrogens with zero attached hydrogens (tertiary/aromatic N) is 2. The van der Waals surface area contributed by atoms with Gasteiger partial charge >= 0.3 is 6.09 Å². The molecular formula is C22H29N5O4. The Balaban J connectivity index is 1.60. The maximum absolute atomic E-state index is 12.0. The highest BCUT2D eigenvalue weighted by Gasteiger charge is 2.22. The quantitative estimate of drug-likeness (QED) is 0.652. The fraction of sp³-hybridized carbons (Fsp3) is 0.455. The maximum Gasteiger partial charge on any atom is 0.412 e. The Kier molecular flexibility index (Phi) is 7.28. The summed E-state index contributed by atoms with van der Waals surface area (Å²) in [5.74, 6) is 0.589. The van der Waals surface area contributed by atoms with Crippen LogP contribution >= 0.6 is 0 Å². The molecular weight excluding hydrogens is 398 g/mol.